The molecule has 1 aromatic carbocycles. The zero-order valence-electron chi connectivity index (χ0n) is 11.7. The standard InChI is InChI=1S/C15H19FO4/c1-9-8-10(11(16)13(20-2)12(9)17)15(14(18)19)6-4-3-5-7-15/h8,17H,3-7H2,1-2H3,(H,18,19). The molecule has 0 radical (unpaired) electrons. The van der Waals surface area contributed by atoms with Crippen LogP contribution in [0, 0.1) is 12.7 Å². The van der Waals surface area contributed by atoms with Gasteiger partial charge in [-0.15, -0.1) is 0 Å². The number of carboxylic acid groups (broad SMARTS) is 1. The number of methoxy groups -OCH3 is 1. The van der Waals surface area contributed by atoms with Crippen molar-refractivity contribution in [1.29, 1.82) is 0 Å². The molecule has 2 rings (SSSR count). The molecule has 110 valence electrons. The van der Waals surface area contributed by atoms with Gasteiger partial charge in [-0.2, -0.15) is 0 Å². The van der Waals surface area contributed by atoms with E-state index in [4.69, 9.17) is 4.74 Å². The molecule has 1 aliphatic rings. The summed E-state index contributed by atoms with van der Waals surface area (Å²) >= 11 is 0. The highest BCUT2D eigenvalue weighted by atomic mass is 19.1. The molecule has 0 saturated heterocycles. The van der Waals surface area contributed by atoms with Crippen molar-refractivity contribution < 1.29 is 24.1 Å². The maximum absolute atomic E-state index is 14.6. The normalized spacial score (nSPS) is 17.8. The Morgan fingerprint density at radius 2 is 1.95 bits per heavy atom. The van der Waals surface area contributed by atoms with Gasteiger partial charge in [0.15, 0.2) is 17.3 Å². The van der Waals surface area contributed by atoms with Crippen LogP contribution < -0.4 is 4.74 Å². The van der Waals surface area contributed by atoms with E-state index in [1.807, 2.05) is 0 Å². The van der Waals surface area contributed by atoms with Gasteiger partial charge in [0, 0.05) is 5.56 Å². The van der Waals surface area contributed by atoms with Crippen LogP contribution >= 0.6 is 0 Å². The van der Waals surface area contributed by atoms with Crippen LogP contribution in [0.3, 0.4) is 0 Å². The first kappa shape index (κ1) is 14.6. The molecule has 1 aliphatic carbocycles. The van der Waals surface area contributed by atoms with E-state index >= 15 is 0 Å². The molecule has 20 heavy (non-hydrogen) atoms. The molecule has 1 fully saturated rings. The van der Waals surface area contributed by atoms with Crippen molar-refractivity contribution in [2.75, 3.05) is 7.11 Å². The predicted octanol–water partition coefficient (Wildman–Crippen LogP) is 3.13. The fourth-order valence-electron chi connectivity index (χ4n) is 3.04. The number of phenols is 1. The second-order valence-corrected chi connectivity index (χ2v) is 5.38. The highest BCUT2D eigenvalue weighted by Gasteiger charge is 2.44. The van der Waals surface area contributed by atoms with Gasteiger partial charge in [0.2, 0.25) is 0 Å². The van der Waals surface area contributed by atoms with E-state index in [1.165, 1.54) is 13.2 Å². The first-order valence-corrected chi connectivity index (χ1v) is 6.74. The van der Waals surface area contributed by atoms with Crippen LogP contribution in [0.15, 0.2) is 6.07 Å². The van der Waals surface area contributed by atoms with E-state index in [2.05, 4.69) is 0 Å². The van der Waals surface area contributed by atoms with E-state index < -0.39 is 17.2 Å². The average molecular weight is 282 g/mol. The van der Waals surface area contributed by atoms with Gasteiger partial charge in [-0.05, 0) is 31.4 Å². The highest BCUT2D eigenvalue weighted by Crippen LogP contribution is 2.45. The fourth-order valence-corrected chi connectivity index (χ4v) is 3.04. The number of benzene rings is 1. The SMILES string of the molecule is COc1c(O)c(C)cc(C2(C(=O)O)CCCCC2)c1F. The number of aryl methyl sites for hydroxylation is 1. The zero-order chi connectivity index (χ0) is 14.9. The first-order chi connectivity index (χ1) is 9.44. The van der Waals surface area contributed by atoms with Gasteiger partial charge in [-0.1, -0.05) is 19.3 Å². The Balaban J connectivity index is 2.66. The number of carbonyl (C=O) groups is 1. The maximum atomic E-state index is 14.6. The molecule has 0 amide bonds. The van der Waals surface area contributed by atoms with E-state index in [1.54, 1.807) is 6.92 Å². The Hall–Kier alpha value is -1.78. The molecule has 1 aromatic rings. The van der Waals surface area contributed by atoms with Crippen LogP contribution in [0.2, 0.25) is 0 Å². The molecule has 0 spiro atoms. The maximum Gasteiger partial charge on any atom is 0.314 e. The van der Waals surface area contributed by atoms with Gasteiger partial charge >= 0.3 is 5.97 Å². The summed E-state index contributed by atoms with van der Waals surface area (Å²) in [6.45, 7) is 1.61. The second-order valence-electron chi connectivity index (χ2n) is 5.38. The van der Waals surface area contributed by atoms with Gasteiger partial charge < -0.3 is 14.9 Å². The molecule has 0 unspecified atom stereocenters. The summed E-state index contributed by atoms with van der Waals surface area (Å²) in [6.07, 6.45) is 3.30. The molecule has 4 nitrogen and oxygen atoms in total. The minimum atomic E-state index is -1.21. The lowest BCUT2D eigenvalue weighted by Crippen LogP contribution is -2.38. The number of hydrogen-bond donors (Lipinski definition) is 2. The average Bonchev–Trinajstić information content (AvgIpc) is 2.44. The largest absolute Gasteiger partial charge is 0.504 e. The molecular weight excluding hydrogens is 263 g/mol. The van der Waals surface area contributed by atoms with Crippen molar-refractivity contribution in [3.8, 4) is 11.5 Å². The molecule has 2 N–H and O–H groups in total. The molecule has 1 saturated carbocycles. The highest BCUT2D eigenvalue weighted by molar-refractivity contribution is 5.82. The van der Waals surface area contributed by atoms with Gasteiger partial charge in [0.1, 0.15) is 0 Å². The third-order valence-electron chi connectivity index (χ3n) is 4.22. The minimum Gasteiger partial charge on any atom is -0.504 e. The monoisotopic (exact) mass is 282 g/mol. The number of halogens is 1. The first-order valence-electron chi connectivity index (χ1n) is 6.74. The lowest BCUT2D eigenvalue weighted by atomic mass is 9.69. The molecular formula is C15H19FO4. The molecule has 0 atom stereocenters. The van der Waals surface area contributed by atoms with Gasteiger partial charge in [0.05, 0.1) is 12.5 Å². The third kappa shape index (κ3) is 2.11. The quantitative estimate of drug-likeness (QED) is 0.893. The summed E-state index contributed by atoms with van der Waals surface area (Å²) in [5.41, 5.74) is -0.671. The van der Waals surface area contributed by atoms with Crippen molar-refractivity contribution in [2.24, 2.45) is 0 Å². The van der Waals surface area contributed by atoms with Crippen LogP contribution in [0.5, 0.6) is 11.5 Å². The summed E-state index contributed by atoms with van der Waals surface area (Å²) < 4.78 is 19.5. The number of hydrogen-bond acceptors (Lipinski definition) is 3. The summed E-state index contributed by atoms with van der Waals surface area (Å²) in [6, 6.07) is 1.44. The number of aliphatic carboxylic acids is 1. The van der Waals surface area contributed by atoms with E-state index in [9.17, 15) is 19.4 Å². The molecule has 5 heteroatoms. The summed E-state index contributed by atoms with van der Waals surface area (Å²) in [5.74, 6) is -2.32. The van der Waals surface area contributed by atoms with Crippen LogP contribution in [0.1, 0.15) is 43.2 Å². The van der Waals surface area contributed by atoms with Crippen molar-refractivity contribution in [3.63, 3.8) is 0 Å². The smallest absolute Gasteiger partial charge is 0.314 e. The van der Waals surface area contributed by atoms with E-state index in [0.29, 0.717) is 18.4 Å². The Bertz CT molecular complexity index is 533. The topological polar surface area (TPSA) is 66.8 Å². The Morgan fingerprint density at radius 3 is 2.45 bits per heavy atom. The predicted molar refractivity (Wildman–Crippen MR) is 71.8 cm³/mol. The van der Waals surface area contributed by atoms with E-state index in [-0.39, 0.29) is 17.1 Å². The summed E-state index contributed by atoms with van der Waals surface area (Å²) in [4.78, 5) is 11.8. The van der Waals surface area contributed by atoms with Crippen molar-refractivity contribution in [1.82, 2.24) is 0 Å². The number of carboxylic acids is 1. The number of rotatable bonds is 3. The van der Waals surface area contributed by atoms with Gasteiger partial charge in [-0.25, -0.2) is 4.39 Å². The zero-order valence-corrected chi connectivity index (χ0v) is 11.7. The molecule has 0 aliphatic heterocycles. The van der Waals surface area contributed by atoms with Crippen molar-refractivity contribution in [2.45, 2.75) is 44.4 Å². The van der Waals surface area contributed by atoms with E-state index in [0.717, 1.165) is 19.3 Å². The lowest BCUT2D eigenvalue weighted by Gasteiger charge is -2.34. The minimum absolute atomic E-state index is 0.122. The van der Waals surface area contributed by atoms with Gasteiger partial charge in [0.25, 0.3) is 0 Å². The lowest BCUT2D eigenvalue weighted by molar-refractivity contribution is -0.145. The van der Waals surface area contributed by atoms with Crippen LogP contribution in [-0.4, -0.2) is 23.3 Å². The molecule has 0 heterocycles. The van der Waals surface area contributed by atoms with Crippen molar-refractivity contribution in [3.05, 3.63) is 23.0 Å². The van der Waals surface area contributed by atoms with Crippen LogP contribution in [0.4, 0.5) is 4.39 Å². The number of ether oxygens (including phenoxy) is 1. The molecule has 0 bridgehead atoms. The summed E-state index contributed by atoms with van der Waals surface area (Å²) in [5, 5.41) is 19.4. The van der Waals surface area contributed by atoms with Crippen molar-refractivity contribution >= 4 is 5.97 Å². The number of phenolic OH excluding ortho intramolecular Hbond substituents is 1. The molecule has 0 aromatic heterocycles. The summed E-state index contributed by atoms with van der Waals surface area (Å²) in [7, 11) is 1.26. The second kappa shape index (κ2) is 5.31. The van der Waals surface area contributed by atoms with Gasteiger partial charge in [-0.3, -0.25) is 4.79 Å². The Morgan fingerprint density at radius 1 is 1.35 bits per heavy atom. The Kier molecular flexibility index (Phi) is 3.88. The number of aromatic hydroxyl groups is 1. The fraction of sp³-hybridized carbons (Fsp3) is 0.533. The van der Waals surface area contributed by atoms with Crippen LogP contribution in [-0.2, 0) is 10.2 Å². The van der Waals surface area contributed by atoms with Crippen LogP contribution in [0.25, 0.3) is 0 Å². The Labute approximate surface area is 117 Å². The third-order valence-corrected chi connectivity index (χ3v) is 4.22.